The highest BCUT2D eigenvalue weighted by molar-refractivity contribution is 5.90. The quantitative estimate of drug-likeness (QED) is 0.0316. The van der Waals surface area contributed by atoms with Gasteiger partial charge < -0.3 is 54.7 Å². The fourth-order valence-corrected chi connectivity index (χ4v) is 15.1. The van der Waals surface area contributed by atoms with Crippen molar-refractivity contribution < 1.29 is 38.4 Å². The zero-order valence-electron chi connectivity index (χ0n) is 65.0. The molecule has 0 saturated carbocycles. The molecule has 4 N–H and O–H groups in total. The van der Waals surface area contributed by atoms with E-state index in [0.29, 0.717) is 51.6 Å². The molecule has 13 rings (SSSR count). The molecular formula is C93H116N10O8. The molecule has 18 heteroatoms. The number of urea groups is 3. The molecule has 9 aromatic rings. The first-order valence-corrected chi connectivity index (χ1v) is 40.2. The molecule has 0 aromatic heterocycles. The van der Waals surface area contributed by atoms with Crippen LogP contribution < -0.4 is 16.0 Å². The first kappa shape index (κ1) is 82.4. The second kappa shape index (κ2) is 46.3. The highest BCUT2D eigenvalue weighted by Crippen LogP contribution is 2.32. The van der Waals surface area contributed by atoms with Gasteiger partial charge in [-0.3, -0.25) is 19.6 Å². The SMILES string of the molecule is COCc1cccc(NC(=O)N(CCC(c2ccccc2)c2ccccc2)CCN2CCOCC2)c1.O=C(Nc1cccc(CN2CCCCC2)c1)N(CCC(c1ccccc1)c1ccccc1)CCN1CCOCC1.O=C(Nc1cccc(CO)c1)N(CCC(c1ccccc1)c1ccccc1)CCN1CCOCC1. The number of aliphatic hydroxyl groups is 1. The molecule has 18 nitrogen and oxygen atoms in total. The Bertz CT molecular complexity index is 3980. The lowest BCUT2D eigenvalue weighted by molar-refractivity contribution is 0.0350. The van der Waals surface area contributed by atoms with Gasteiger partial charge in [-0.25, -0.2) is 14.4 Å². The highest BCUT2D eigenvalue weighted by atomic mass is 16.5. The van der Waals surface area contributed by atoms with Gasteiger partial charge in [-0.1, -0.05) is 225 Å². The Morgan fingerprint density at radius 3 is 0.946 bits per heavy atom. The van der Waals surface area contributed by atoms with Crippen LogP contribution in [0.3, 0.4) is 0 Å². The minimum Gasteiger partial charge on any atom is -0.392 e. The number of methoxy groups -OCH3 is 1. The average molecular weight is 1500 g/mol. The summed E-state index contributed by atoms with van der Waals surface area (Å²) in [6.07, 6.45) is 6.42. The van der Waals surface area contributed by atoms with E-state index in [2.05, 4.69) is 211 Å². The molecule has 4 saturated heterocycles. The van der Waals surface area contributed by atoms with Gasteiger partial charge in [0.1, 0.15) is 0 Å². The fourth-order valence-electron chi connectivity index (χ4n) is 15.1. The highest BCUT2D eigenvalue weighted by Gasteiger charge is 2.26. The molecule has 4 aliphatic heterocycles. The summed E-state index contributed by atoms with van der Waals surface area (Å²) >= 11 is 0. The Balaban J connectivity index is 0.000000165. The second-order valence-corrected chi connectivity index (χ2v) is 29.1. The van der Waals surface area contributed by atoms with Crippen LogP contribution in [-0.4, -0.2) is 216 Å². The van der Waals surface area contributed by atoms with E-state index in [0.717, 1.165) is 160 Å². The largest absolute Gasteiger partial charge is 0.392 e. The monoisotopic (exact) mass is 1500 g/mol. The van der Waals surface area contributed by atoms with Crippen molar-refractivity contribution in [3.8, 4) is 0 Å². The van der Waals surface area contributed by atoms with Crippen molar-refractivity contribution in [3.63, 3.8) is 0 Å². The number of carbonyl (C=O) groups excluding carboxylic acids is 3. The number of hydrogen-bond donors (Lipinski definition) is 4. The number of hydrogen-bond acceptors (Lipinski definition) is 12. The third kappa shape index (κ3) is 27.7. The summed E-state index contributed by atoms with van der Waals surface area (Å²) < 4.78 is 21.8. The Kier molecular flexibility index (Phi) is 34.4. The molecule has 4 aliphatic rings. The Morgan fingerprint density at radius 1 is 0.351 bits per heavy atom. The minimum atomic E-state index is -0.117. The predicted molar refractivity (Wildman–Crippen MR) is 447 cm³/mol. The van der Waals surface area contributed by atoms with E-state index in [-0.39, 0.29) is 42.5 Å². The van der Waals surface area contributed by atoms with Gasteiger partial charge in [0.25, 0.3) is 0 Å². The molecule has 4 fully saturated rings. The van der Waals surface area contributed by atoms with Crippen molar-refractivity contribution in [3.05, 3.63) is 305 Å². The Hall–Kier alpha value is -9.57. The number of benzene rings is 9. The number of amides is 6. The van der Waals surface area contributed by atoms with Gasteiger partial charge in [0.05, 0.1) is 52.9 Å². The Labute approximate surface area is 659 Å². The maximum Gasteiger partial charge on any atom is 0.321 e. The van der Waals surface area contributed by atoms with E-state index in [9.17, 15) is 19.5 Å². The van der Waals surface area contributed by atoms with Gasteiger partial charge in [0.2, 0.25) is 0 Å². The van der Waals surface area contributed by atoms with Crippen LogP contribution >= 0.6 is 0 Å². The molecule has 111 heavy (non-hydrogen) atoms. The fraction of sp³-hybridized carbons (Fsp3) is 0.387. The summed E-state index contributed by atoms with van der Waals surface area (Å²) in [6.45, 7) is 20.2. The third-order valence-corrected chi connectivity index (χ3v) is 21.4. The molecule has 586 valence electrons. The summed E-state index contributed by atoms with van der Waals surface area (Å²) in [7, 11) is 1.68. The molecule has 0 unspecified atom stereocenters. The molecule has 4 heterocycles. The van der Waals surface area contributed by atoms with Gasteiger partial charge >= 0.3 is 18.1 Å². The average Bonchev–Trinajstić information content (AvgIpc) is 0.853. The van der Waals surface area contributed by atoms with E-state index in [1.165, 1.54) is 58.2 Å². The standard InChI is InChI=1S/C34H44N4O2.C30H37N3O3.C29H35N3O3/c39-34(35-32-16-10-11-29(27-32)28-37-18-8-3-9-19-37)38(22-21-36-23-25-40-26-24-36)20-17-33(30-12-4-1-5-13-30)31-14-6-2-7-15-31;1-35-24-25-9-8-14-28(23-25)31-30(34)33(18-17-32-19-21-36-22-20-32)16-15-29(26-10-4-2-5-11-26)27-12-6-3-7-13-27;33-23-24-8-7-13-27(22-24)30-29(34)32(17-16-31-18-20-35-21-19-31)15-14-28(25-9-3-1-4-10-25)26-11-5-2-6-12-26/h1-2,4-7,10-16,27,33H,3,8-9,17-26,28H2,(H,35,39);2-14,23,29H,15-22,24H2,1H3,(H,31,34);1-13,22,28,33H,14-21,23H2,(H,30,34). The Morgan fingerprint density at radius 2 is 0.640 bits per heavy atom. The molecule has 0 radical (unpaired) electrons. The zero-order valence-corrected chi connectivity index (χ0v) is 65.0. The molecule has 9 aromatic carbocycles. The lowest BCUT2D eigenvalue weighted by atomic mass is 9.88. The van der Waals surface area contributed by atoms with Crippen molar-refractivity contribution in [2.24, 2.45) is 0 Å². The maximum absolute atomic E-state index is 13.7. The van der Waals surface area contributed by atoms with Gasteiger partial charge in [0.15, 0.2) is 0 Å². The van der Waals surface area contributed by atoms with Gasteiger partial charge in [-0.05, 0) is 132 Å². The molecule has 0 atom stereocenters. The maximum atomic E-state index is 13.7. The van der Waals surface area contributed by atoms with Crippen molar-refractivity contribution >= 4 is 35.2 Å². The number of anilines is 3. The van der Waals surface area contributed by atoms with Gasteiger partial charge in [-0.2, -0.15) is 0 Å². The van der Waals surface area contributed by atoms with Crippen LogP contribution in [0.2, 0.25) is 0 Å². The second-order valence-electron chi connectivity index (χ2n) is 29.1. The normalized spacial score (nSPS) is 15.0. The number of likely N-dealkylation sites (tertiary alicyclic amines) is 1. The van der Waals surface area contributed by atoms with Crippen LogP contribution in [0, 0.1) is 0 Å². The number of ether oxygens (including phenoxy) is 4. The van der Waals surface area contributed by atoms with Crippen LogP contribution in [0.25, 0.3) is 0 Å². The van der Waals surface area contributed by atoms with Crippen molar-refractivity contribution in [1.29, 1.82) is 0 Å². The van der Waals surface area contributed by atoms with Crippen LogP contribution in [0.1, 0.15) is 106 Å². The first-order chi connectivity index (χ1) is 54.7. The number of carbonyl (C=O) groups is 3. The number of rotatable bonds is 32. The van der Waals surface area contributed by atoms with Crippen LogP contribution in [0.5, 0.6) is 0 Å². The van der Waals surface area contributed by atoms with Crippen LogP contribution in [-0.2, 0) is 38.7 Å². The topological polar surface area (TPSA) is 167 Å². The lowest BCUT2D eigenvalue weighted by Gasteiger charge is -2.31. The number of nitrogens with zero attached hydrogens (tertiary/aromatic N) is 7. The molecule has 6 amide bonds. The first-order valence-electron chi connectivity index (χ1n) is 40.2. The smallest absolute Gasteiger partial charge is 0.321 e. The number of piperidine rings is 1. The van der Waals surface area contributed by atoms with E-state index in [1.807, 2.05) is 93.6 Å². The number of aliphatic hydroxyl groups excluding tert-OH is 1. The van der Waals surface area contributed by atoms with E-state index in [4.69, 9.17) is 18.9 Å². The van der Waals surface area contributed by atoms with Crippen molar-refractivity contribution in [1.82, 2.24) is 34.3 Å². The molecular weight excluding hydrogens is 1390 g/mol. The van der Waals surface area contributed by atoms with Crippen LogP contribution in [0.15, 0.2) is 255 Å². The minimum absolute atomic E-state index is 0.0248. The zero-order chi connectivity index (χ0) is 76.7. The lowest BCUT2D eigenvalue weighted by Crippen LogP contribution is -2.44. The summed E-state index contributed by atoms with van der Waals surface area (Å²) in [4.78, 5) is 56.1. The summed E-state index contributed by atoms with van der Waals surface area (Å²) in [6, 6.07) is 86.9. The van der Waals surface area contributed by atoms with Gasteiger partial charge in [0, 0.05) is 147 Å². The molecule has 0 aliphatic carbocycles. The predicted octanol–water partition coefficient (Wildman–Crippen LogP) is 15.8. The van der Waals surface area contributed by atoms with E-state index < -0.39 is 0 Å². The molecule has 0 spiro atoms. The number of nitrogens with one attached hydrogen (secondary N) is 3. The summed E-state index contributed by atoms with van der Waals surface area (Å²) in [5.41, 5.74) is 13.0. The number of morpholine rings is 3. The molecule has 0 bridgehead atoms. The van der Waals surface area contributed by atoms with Gasteiger partial charge in [-0.15, -0.1) is 0 Å². The summed E-state index contributed by atoms with van der Waals surface area (Å²) in [5, 5.41) is 18.9. The van der Waals surface area contributed by atoms with Crippen molar-refractivity contribution in [2.45, 2.75) is 76.0 Å². The van der Waals surface area contributed by atoms with E-state index >= 15 is 0 Å². The van der Waals surface area contributed by atoms with Crippen molar-refractivity contribution in [2.75, 3.05) is 174 Å². The van der Waals surface area contributed by atoms with E-state index in [1.54, 1.807) is 7.11 Å². The van der Waals surface area contributed by atoms with Crippen LogP contribution in [0.4, 0.5) is 31.4 Å². The summed E-state index contributed by atoms with van der Waals surface area (Å²) in [5.74, 6) is 0.652. The third-order valence-electron chi connectivity index (χ3n) is 21.4.